The Morgan fingerprint density at radius 3 is 2.02 bits per heavy atom. The molecule has 3 fully saturated rings. The summed E-state index contributed by atoms with van der Waals surface area (Å²) in [6.45, 7) is 4.48. The molecule has 7 rings (SSSR count). The van der Waals surface area contributed by atoms with E-state index in [0.29, 0.717) is 0 Å². The lowest BCUT2D eigenvalue weighted by molar-refractivity contribution is -0.161. The van der Waals surface area contributed by atoms with Crippen molar-refractivity contribution in [1.82, 2.24) is 39.0 Å². The van der Waals surface area contributed by atoms with E-state index in [0.717, 1.165) is 13.4 Å². The van der Waals surface area contributed by atoms with E-state index in [9.17, 15) is 13.9 Å². The van der Waals surface area contributed by atoms with Gasteiger partial charge in [-0.25, -0.2) is 47.9 Å². The molecule has 0 amide bonds. The van der Waals surface area contributed by atoms with Crippen molar-refractivity contribution in [3.05, 3.63) is 25.3 Å². The Hall–Kier alpha value is -3.76. The molecule has 25 heteroatoms. The van der Waals surface area contributed by atoms with Crippen LogP contribution in [0.2, 0.25) is 0 Å². The molecule has 4 N–H and O–H groups in total. The third-order valence-electron chi connectivity index (χ3n) is 8.82. The van der Waals surface area contributed by atoms with Gasteiger partial charge in [0.25, 0.3) is 0 Å². The van der Waals surface area contributed by atoms with Crippen LogP contribution in [-0.2, 0) is 55.3 Å². The number of esters is 1. The van der Waals surface area contributed by atoms with Gasteiger partial charge in [-0.15, -0.1) is 0 Å². The smallest absolute Gasteiger partial charge is 0.437 e. The maximum atomic E-state index is 16.5. The molecule has 4 aromatic heterocycles. The van der Waals surface area contributed by atoms with Gasteiger partial charge in [0, 0.05) is 13.0 Å². The largest absolute Gasteiger partial charge is 0.478 e. The van der Waals surface area contributed by atoms with Crippen molar-refractivity contribution >= 4 is 55.6 Å². The summed E-state index contributed by atoms with van der Waals surface area (Å²) in [5.74, 6) is -1.26. The van der Waals surface area contributed by atoms with Crippen LogP contribution in [0.3, 0.4) is 0 Å². The van der Waals surface area contributed by atoms with Gasteiger partial charge >= 0.3 is 21.6 Å². The van der Waals surface area contributed by atoms with Gasteiger partial charge in [-0.3, -0.25) is 36.5 Å². The van der Waals surface area contributed by atoms with Crippen molar-refractivity contribution in [2.45, 2.75) is 70.7 Å². The van der Waals surface area contributed by atoms with E-state index < -0.39 is 96.0 Å². The predicted octanol–water partition coefficient (Wildman–Crippen LogP) is 2.84. The molecule has 0 radical (unpaired) electrons. The summed E-state index contributed by atoms with van der Waals surface area (Å²) in [4.78, 5) is 37.3. The van der Waals surface area contributed by atoms with Gasteiger partial charge < -0.3 is 25.7 Å². The highest BCUT2D eigenvalue weighted by molar-refractivity contribution is 7.48. The highest BCUT2D eigenvalue weighted by atomic mass is 31.2. The zero-order valence-corrected chi connectivity index (χ0v) is 30.7. The number of hydrogen-bond donors (Lipinski definition) is 2. The van der Waals surface area contributed by atoms with Crippen LogP contribution in [0.1, 0.15) is 40.2 Å². The van der Waals surface area contributed by atoms with Gasteiger partial charge in [-0.1, -0.05) is 6.92 Å². The molecule has 3 aliphatic heterocycles. The minimum Gasteiger partial charge on any atom is -0.437 e. The van der Waals surface area contributed by atoms with Crippen LogP contribution < -0.4 is 11.5 Å². The molecular weight excluding hydrogens is 749 g/mol. The maximum absolute atomic E-state index is 16.5. The number of halogens is 1. The van der Waals surface area contributed by atoms with Crippen molar-refractivity contribution in [3.63, 3.8) is 0 Å². The maximum Gasteiger partial charge on any atom is 0.478 e. The number of nitrogens with two attached hydrogens (primary N) is 2. The monoisotopic (exact) mass is 786 g/mol. The number of phosphoric acid groups is 2. The van der Waals surface area contributed by atoms with Crippen molar-refractivity contribution in [2.75, 3.05) is 38.6 Å². The van der Waals surface area contributed by atoms with E-state index in [1.54, 1.807) is 27.7 Å². The lowest BCUT2D eigenvalue weighted by Gasteiger charge is -2.28. The fourth-order valence-electron chi connectivity index (χ4n) is 5.92. The number of carbonyl (C=O) groups is 1. The van der Waals surface area contributed by atoms with Crippen LogP contribution in [0.25, 0.3) is 22.3 Å². The fourth-order valence-corrected chi connectivity index (χ4v) is 8.35. The van der Waals surface area contributed by atoms with Gasteiger partial charge in [0.2, 0.25) is 6.79 Å². The molecule has 4 aromatic rings. The van der Waals surface area contributed by atoms with Crippen molar-refractivity contribution in [3.8, 4) is 0 Å². The minimum atomic E-state index is -4.82. The summed E-state index contributed by atoms with van der Waals surface area (Å²) in [5.41, 5.74) is 11.8. The summed E-state index contributed by atoms with van der Waals surface area (Å²) in [5, 5.41) is 0. The predicted molar refractivity (Wildman–Crippen MR) is 177 cm³/mol. The van der Waals surface area contributed by atoms with Gasteiger partial charge in [0.15, 0.2) is 41.6 Å². The summed E-state index contributed by atoms with van der Waals surface area (Å²) >= 11 is 0. The molecule has 53 heavy (non-hydrogen) atoms. The van der Waals surface area contributed by atoms with Gasteiger partial charge in [0.05, 0.1) is 37.4 Å². The number of imidazole rings is 2. The number of aromatic nitrogens is 8. The van der Waals surface area contributed by atoms with Gasteiger partial charge in [-0.2, -0.15) is 0 Å². The number of alkyl halides is 1. The summed E-state index contributed by atoms with van der Waals surface area (Å²) in [6, 6.07) is 0. The van der Waals surface area contributed by atoms with E-state index in [4.69, 9.17) is 52.8 Å². The molecule has 0 aliphatic carbocycles. The highest BCUT2D eigenvalue weighted by Gasteiger charge is 2.55. The number of phosphoric ester groups is 2. The number of rotatable bonds is 6. The molecule has 0 aromatic carbocycles. The van der Waals surface area contributed by atoms with Crippen molar-refractivity contribution in [2.24, 2.45) is 11.3 Å². The minimum absolute atomic E-state index is 0.0352. The highest BCUT2D eigenvalue weighted by Crippen LogP contribution is 2.58. The molecule has 10 atom stereocenters. The SMILES string of the molecule is COP1(=O)OCC2OC(n3cnc4c(N)ncnc43)C(OP(=O)(OCOC(=O)C(C)(C)C)OCC3O[C@@H](n4cnc5c(N)ncnc54)C(F)[C@H]3O1)[C@H]2C. The molecular formula is C28H37FN10O12P2. The standard InChI is InChI=1S/C28H37FN10O12P2/c1-13-14-6-45-52(41,43-5)51-20-15(49-25(16(20)29)38-10-36-17-21(30)32-8-34-23(17)38)7-46-53(42,47-12-44-27(40)28(2,3)4)50-19(13)26(48-14)39-11-37-18-22(31)33-9-35-24(18)39/h8-11,13-16,19-20,25-26H,6-7,12H2,1-5H3,(H2,30,32,34)(H2,31,33,35)/t13-,14?,15?,16?,19?,20-,25+,26?,52?,53?/m0/s1. The molecule has 22 nitrogen and oxygen atoms in total. The number of nitrogens with zero attached hydrogens (tertiary/aromatic N) is 8. The second-order valence-electron chi connectivity index (χ2n) is 13.3. The van der Waals surface area contributed by atoms with E-state index in [1.807, 2.05) is 0 Å². The zero-order valence-electron chi connectivity index (χ0n) is 29.0. The number of fused-ring (bicyclic) bond motifs is 5. The second kappa shape index (κ2) is 14.1. The lowest BCUT2D eigenvalue weighted by atomic mass is 9.98. The lowest BCUT2D eigenvalue weighted by Crippen LogP contribution is -2.34. The molecule has 7 unspecified atom stereocenters. The van der Waals surface area contributed by atoms with E-state index in [-0.39, 0.29) is 34.0 Å². The van der Waals surface area contributed by atoms with Crippen LogP contribution in [-0.4, -0.2) is 103 Å². The third kappa shape index (κ3) is 7.13. The summed E-state index contributed by atoms with van der Waals surface area (Å²) < 4.78 is 99.3. The summed E-state index contributed by atoms with van der Waals surface area (Å²) in [7, 11) is -8.33. The second-order valence-corrected chi connectivity index (χ2v) is 16.7. The average molecular weight is 787 g/mol. The first kappa shape index (κ1) is 37.6. The first-order valence-corrected chi connectivity index (χ1v) is 19.1. The Bertz CT molecular complexity index is 2100. The molecule has 3 saturated heterocycles. The quantitative estimate of drug-likeness (QED) is 0.161. The Morgan fingerprint density at radius 1 is 0.868 bits per heavy atom. The molecule has 0 saturated carbocycles. The Balaban J connectivity index is 1.25. The third-order valence-corrected chi connectivity index (χ3v) is 11.6. The van der Waals surface area contributed by atoms with Gasteiger partial charge in [0.1, 0.15) is 42.0 Å². The normalized spacial score (nSPS) is 34.0. The first-order chi connectivity index (χ1) is 25.1. The van der Waals surface area contributed by atoms with E-state index >= 15 is 4.39 Å². The number of carbonyl (C=O) groups excluding carboxylic acids is 1. The first-order valence-electron chi connectivity index (χ1n) is 16.2. The Kier molecular flexibility index (Phi) is 10.0. The number of ether oxygens (including phenoxy) is 3. The topological polar surface area (TPSA) is 274 Å². The molecule has 2 bridgehead atoms. The van der Waals surface area contributed by atoms with Crippen molar-refractivity contribution in [1.29, 1.82) is 0 Å². The van der Waals surface area contributed by atoms with Crippen LogP contribution in [0.15, 0.2) is 25.3 Å². The van der Waals surface area contributed by atoms with Crippen LogP contribution >= 0.6 is 15.6 Å². The number of hydrogen-bond acceptors (Lipinski definition) is 20. The molecule has 3 aliphatic rings. The molecule has 288 valence electrons. The molecule has 7 heterocycles. The van der Waals surface area contributed by atoms with Crippen molar-refractivity contribution < 1.29 is 59.7 Å². The van der Waals surface area contributed by atoms with Gasteiger partial charge in [-0.05, 0) is 20.8 Å². The van der Waals surface area contributed by atoms with Crippen LogP contribution in [0, 0.1) is 11.3 Å². The summed E-state index contributed by atoms with van der Waals surface area (Å²) in [6.07, 6.45) is -5.08. The van der Waals surface area contributed by atoms with Crippen LogP contribution in [0.5, 0.6) is 0 Å². The van der Waals surface area contributed by atoms with E-state index in [2.05, 4.69) is 29.9 Å². The Morgan fingerprint density at radius 2 is 1.42 bits per heavy atom. The fraction of sp³-hybridized carbons (Fsp3) is 0.607. The Labute approximate surface area is 300 Å². The van der Waals surface area contributed by atoms with Crippen LogP contribution in [0.4, 0.5) is 16.0 Å². The zero-order chi connectivity index (χ0) is 37.9. The number of nitrogen functional groups attached to an aromatic ring is 2. The average Bonchev–Trinajstić information content (AvgIpc) is 3.88. The van der Waals surface area contributed by atoms with E-state index in [1.165, 1.54) is 28.1 Å². The number of anilines is 2. The molecule has 0 spiro atoms.